The van der Waals surface area contributed by atoms with E-state index in [1.165, 1.54) is 36.8 Å². The summed E-state index contributed by atoms with van der Waals surface area (Å²) in [5, 5.41) is 3.59. The van der Waals surface area contributed by atoms with Gasteiger partial charge < -0.3 is 5.32 Å². The van der Waals surface area contributed by atoms with Crippen LogP contribution in [0.3, 0.4) is 0 Å². The molecule has 1 aromatic carbocycles. The van der Waals surface area contributed by atoms with Crippen molar-refractivity contribution in [2.24, 2.45) is 0 Å². The molecule has 2 aromatic rings. The summed E-state index contributed by atoms with van der Waals surface area (Å²) >= 11 is 0. The molecule has 2 heteroatoms. The van der Waals surface area contributed by atoms with Gasteiger partial charge in [-0.25, -0.2) is 0 Å². The predicted molar refractivity (Wildman–Crippen MR) is 82.6 cm³/mol. The molecule has 1 aliphatic rings. The first-order valence-electron chi connectivity index (χ1n) is 7.57. The maximum Gasteiger partial charge on any atom is 0.0295 e. The van der Waals surface area contributed by atoms with Crippen LogP contribution in [0, 0.1) is 0 Å². The highest BCUT2D eigenvalue weighted by Gasteiger charge is 2.12. The summed E-state index contributed by atoms with van der Waals surface area (Å²) < 4.78 is 0. The van der Waals surface area contributed by atoms with Gasteiger partial charge in [0.25, 0.3) is 0 Å². The van der Waals surface area contributed by atoms with Gasteiger partial charge >= 0.3 is 0 Å². The molecule has 1 aliphatic carbocycles. The summed E-state index contributed by atoms with van der Waals surface area (Å²) in [6.07, 6.45) is 8.90. The number of pyridine rings is 1. The maximum absolute atomic E-state index is 4.05. The zero-order chi connectivity index (χ0) is 13.8. The van der Waals surface area contributed by atoms with Gasteiger partial charge in [0.2, 0.25) is 0 Å². The van der Waals surface area contributed by atoms with Crippen LogP contribution in [0.4, 0.5) is 0 Å². The molecule has 104 valence electrons. The number of hydrogen-bond donors (Lipinski definition) is 1. The summed E-state index contributed by atoms with van der Waals surface area (Å²) in [6, 6.07) is 11.5. The second kappa shape index (κ2) is 6.19. The first-order valence-corrected chi connectivity index (χ1v) is 7.57. The van der Waals surface area contributed by atoms with Crippen LogP contribution in [0.2, 0.25) is 0 Å². The maximum atomic E-state index is 4.05. The van der Waals surface area contributed by atoms with Crippen LogP contribution in [0.1, 0.15) is 48.1 Å². The van der Waals surface area contributed by atoms with E-state index in [4.69, 9.17) is 0 Å². The van der Waals surface area contributed by atoms with Crippen LogP contribution < -0.4 is 5.32 Å². The van der Waals surface area contributed by atoms with Gasteiger partial charge in [-0.05, 0) is 67.0 Å². The van der Waals surface area contributed by atoms with Crippen molar-refractivity contribution < 1.29 is 0 Å². The predicted octanol–water partition coefficient (Wildman–Crippen LogP) is 3.81. The average molecular weight is 266 g/mol. The summed E-state index contributed by atoms with van der Waals surface area (Å²) in [5.74, 6) is 0. The molecule has 3 rings (SSSR count). The molecule has 1 heterocycles. The van der Waals surface area contributed by atoms with E-state index in [-0.39, 0.29) is 0 Å². The fraction of sp³-hybridized carbons (Fsp3) is 0.389. The SMILES string of the molecule is CC(NCc1ccncc1)c1ccc2c(c1)CCCC2. The van der Waals surface area contributed by atoms with Gasteiger partial charge in [-0.1, -0.05) is 18.2 Å². The number of nitrogens with zero attached hydrogens (tertiary/aromatic N) is 1. The molecule has 1 aromatic heterocycles. The molecule has 0 saturated carbocycles. The van der Waals surface area contributed by atoms with E-state index in [1.54, 1.807) is 11.1 Å². The van der Waals surface area contributed by atoms with Crippen molar-refractivity contribution in [2.75, 3.05) is 0 Å². The van der Waals surface area contributed by atoms with E-state index in [1.807, 2.05) is 12.4 Å². The Hall–Kier alpha value is -1.67. The Balaban J connectivity index is 1.66. The Bertz CT molecular complexity index is 563. The second-order valence-electron chi connectivity index (χ2n) is 5.69. The molecule has 1 atom stereocenters. The minimum absolute atomic E-state index is 0.385. The number of aromatic nitrogens is 1. The number of benzene rings is 1. The van der Waals surface area contributed by atoms with E-state index >= 15 is 0 Å². The molecule has 0 amide bonds. The van der Waals surface area contributed by atoms with Crippen LogP contribution in [-0.2, 0) is 19.4 Å². The second-order valence-corrected chi connectivity index (χ2v) is 5.69. The highest BCUT2D eigenvalue weighted by molar-refractivity contribution is 5.35. The zero-order valence-electron chi connectivity index (χ0n) is 12.1. The van der Waals surface area contributed by atoms with Crippen LogP contribution >= 0.6 is 0 Å². The average Bonchev–Trinajstić information content (AvgIpc) is 2.53. The molecule has 20 heavy (non-hydrogen) atoms. The van der Waals surface area contributed by atoms with E-state index < -0.39 is 0 Å². The summed E-state index contributed by atoms with van der Waals surface area (Å²) in [6.45, 7) is 3.13. The Morgan fingerprint density at radius 2 is 1.80 bits per heavy atom. The minimum atomic E-state index is 0.385. The molecule has 0 radical (unpaired) electrons. The van der Waals surface area contributed by atoms with Crippen LogP contribution in [0.15, 0.2) is 42.7 Å². The minimum Gasteiger partial charge on any atom is -0.306 e. The van der Waals surface area contributed by atoms with Crippen molar-refractivity contribution in [2.45, 2.75) is 45.2 Å². The van der Waals surface area contributed by atoms with E-state index in [2.05, 4.69) is 47.6 Å². The van der Waals surface area contributed by atoms with Gasteiger partial charge in [0.1, 0.15) is 0 Å². The standard InChI is InChI=1S/C18H22N2/c1-14(20-13-15-8-10-19-11-9-15)17-7-6-16-4-2-3-5-18(16)12-17/h6-12,14,20H,2-5,13H2,1H3. The molecule has 2 nitrogen and oxygen atoms in total. The molecule has 0 bridgehead atoms. The summed E-state index contributed by atoms with van der Waals surface area (Å²) in [7, 11) is 0. The van der Waals surface area contributed by atoms with Crippen LogP contribution in [0.5, 0.6) is 0 Å². The van der Waals surface area contributed by atoms with Crippen molar-refractivity contribution in [1.82, 2.24) is 10.3 Å². The number of aryl methyl sites for hydroxylation is 2. The first kappa shape index (κ1) is 13.3. The van der Waals surface area contributed by atoms with Crippen LogP contribution in [0.25, 0.3) is 0 Å². The summed E-state index contributed by atoms with van der Waals surface area (Å²) in [4.78, 5) is 4.05. The third kappa shape index (κ3) is 3.07. The lowest BCUT2D eigenvalue weighted by Gasteiger charge is -2.20. The van der Waals surface area contributed by atoms with E-state index in [0.29, 0.717) is 6.04 Å². The number of hydrogen-bond acceptors (Lipinski definition) is 2. The highest BCUT2D eigenvalue weighted by Crippen LogP contribution is 2.24. The third-order valence-electron chi connectivity index (χ3n) is 4.23. The molecule has 0 saturated heterocycles. The van der Waals surface area contributed by atoms with Crippen molar-refractivity contribution >= 4 is 0 Å². The number of rotatable bonds is 4. The van der Waals surface area contributed by atoms with Gasteiger partial charge in [0.05, 0.1) is 0 Å². The zero-order valence-corrected chi connectivity index (χ0v) is 12.1. The first-order chi connectivity index (χ1) is 9.83. The van der Waals surface area contributed by atoms with Gasteiger partial charge in [0, 0.05) is 25.0 Å². The monoisotopic (exact) mass is 266 g/mol. The van der Waals surface area contributed by atoms with Crippen molar-refractivity contribution in [3.63, 3.8) is 0 Å². The largest absolute Gasteiger partial charge is 0.306 e. The quantitative estimate of drug-likeness (QED) is 0.910. The Labute approximate surface area is 121 Å². The third-order valence-corrected chi connectivity index (χ3v) is 4.23. The fourth-order valence-corrected chi connectivity index (χ4v) is 2.91. The molecular formula is C18H22N2. The van der Waals surface area contributed by atoms with E-state index in [9.17, 15) is 0 Å². The number of nitrogens with one attached hydrogen (secondary N) is 1. The van der Waals surface area contributed by atoms with Gasteiger partial charge in [-0.15, -0.1) is 0 Å². The van der Waals surface area contributed by atoms with Gasteiger partial charge in [0.15, 0.2) is 0 Å². The van der Waals surface area contributed by atoms with Crippen molar-refractivity contribution in [1.29, 1.82) is 0 Å². The van der Waals surface area contributed by atoms with Crippen LogP contribution in [-0.4, -0.2) is 4.98 Å². The molecule has 0 fully saturated rings. The Kier molecular flexibility index (Phi) is 4.12. The molecular weight excluding hydrogens is 244 g/mol. The van der Waals surface area contributed by atoms with Gasteiger partial charge in [-0.2, -0.15) is 0 Å². The molecule has 0 spiro atoms. The Morgan fingerprint density at radius 3 is 2.60 bits per heavy atom. The van der Waals surface area contributed by atoms with Gasteiger partial charge in [-0.3, -0.25) is 4.98 Å². The fourth-order valence-electron chi connectivity index (χ4n) is 2.91. The lowest BCUT2D eigenvalue weighted by Crippen LogP contribution is -2.18. The molecule has 0 aliphatic heterocycles. The smallest absolute Gasteiger partial charge is 0.0295 e. The molecule has 1 unspecified atom stereocenters. The normalized spacial score (nSPS) is 15.7. The van der Waals surface area contributed by atoms with E-state index in [0.717, 1.165) is 6.54 Å². The lowest BCUT2D eigenvalue weighted by molar-refractivity contribution is 0.572. The van der Waals surface area contributed by atoms with Crippen molar-refractivity contribution in [3.05, 3.63) is 65.0 Å². The van der Waals surface area contributed by atoms with Crippen molar-refractivity contribution in [3.8, 4) is 0 Å². The summed E-state index contributed by atoms with van der Waals surface area (Å²) in [5.41, 5.74) is 5.80. The lowest BCUT2D eigenvalue weighted by atomic mass is 9.89. The highest BCUT2D eigenvalue weighted by atomic mass is 14.9. The Morgan fingerprint density at radius 1 is 1.05 bits per heavy atom. The number of fused-ring (bicyclic) bond motifs is 1. The molecule has 1 N–H and O–H groups in total. The topological polar surface area (TPSA) is 24.9 Å².